The maximum absolute atomic E-state index is 13.5. The van der Waals surface area contributed by atoms with Gasteiger partial charge in [-0.05, 0) is 0 Å². The molecule has 2 heterocycles. The van der Waals surface area contributed by atoms with E-state index >= 15 is 0 Å². The molecule has 1 saturated heterocycles. The summed E-state index contributed by atoms with van der Waals surface area (Å²) < 4.78 is 19.3. The van der Waals surface area contributed by atoms with Gasteiger partial charge in [0.1, 0.15) is 0 Å². The van der Waals surface area contributed by atoms with E-state index in [2.05, 4.69) is 4.67 Å². The molecule has 7 heteroatoms. The van der Waals surface area contributed by atoms with Crippen molar-refractivity contribution in [3.05, 3.63) is 82.7 Å². The van der Waals surface area contributed by atoms with Crippen molar-refractivity contribution in [2.24, 2.45) is 0 Å². The number of ether oxygens (including phenoxy) is 2. The van der Waals surface area contributed by atoms with Gasteiger partial charge in [-0.25, -0.2) is 0 Å². The first-order valence-corrected chi connectivity index (χ1v) is 13.1. The Morgan fingerprint density at radius 2 is 1.29 bits per heavy atom. The molecule has 0 unspecified atom stereocenters. The van der Waals surface area contributed by atoms with Gasteiger partial charge >= 0.3 is 183 Å². The van der Waals surface area contributed by atoms with Crippen LogP contribution in [0.1, 0.15) is 25.0 Å². The van der Waals surface area contributed by atoms with Crippen molar-refractivity contribution in [2.75, 3.05) is 27.5 Å². The molecule has 0 radical (unpaired) electrons. The number of methoxy groups -OCH3 is 2. The number of hydrogen-bond donors (Lipinski definition) is 0. The molecule has 0 atom stereocenters. The Kier molecular flexibility index (Phi) is 4.71. The van der Waals surface area contributed by atoms with Gasteiger partial charge in [-0.3, -0.25) is 0 Å². The van der Waals surface area contributed by atoms with E-state index in [1.165, 1.54) is 14.2 Å². The van der Waals surface area contributed by atoms with Crippen LogP contribution in [0.5, 0.6) is 0 Å². The predicted molar refractivity (Wildman–Crippen MR) is 120 cm³/mol. The Bertz CT molecular complexity index is 1050. The minimum atomic E-state index is -3.52. The van der Waals surface area contributed by atoms with E-state index in [0.717, 1.165) is 11.1 Å². The molecule has 6 nitrogen and oxygen atoms in total. The molecule has 0 aliphatic carbocycles. The summed E-state index contributed by atoms with van der Waals surface area (Å²) in [6.45, 7) is 4.28. The average molecular weight is 441 g/mol. The SMILES string of the molecule is COC(=O)C1=C(C(=O)OC)P2(C)(C)OC(C)(C)N2C1(c1ccccc1)c1ccccc1. The number of rotatable bonds is 4. The summed E-state index contributed by atoms with van der Waals surface area (Å²) in [5.41, 5.74) is 0.140. The second-order valence-corrected chi connectivity index (χ2v) is 13.8. The van der Waals surface area contributed by atoms with Crippen LogP contribution < -0.4 is 0 Å². The zero-order valence-electron chi connectivity index (χ0n) is 18.7. The van der Waals surface area contributed by atoms with E-state index in [0.29, 0.717) is 0 Å². The average Bonchev–Trinajstić information content (AvgIpc) is 2.92. The van der Waals surface area contributed by atoms with Crippen LogP contribution in [0.25, 0.3) is 0 Å². The number of hydrogen-bond acceptors (Lipinski definition) is 6. The van der Waals surface area contributed by atoms with Crippen molar-refractivity contribution in [3.63, 3.8) is 0 Å². The number of esters is 2. The van der Waals surface area contributed by atoms with Gasteiger partial charge < -0.3 is 0 Å². The van der Waals surface area contributed by atoms with E-state index in [1.807, 2.05) is 87.8 Å². The summed E-state index contributed by atoms with van der Waals surface area (Å²) in [6.07, 6.45) is 0. The van der Waals surface area contributed by atoms with Crippen LogP contribution in [-0.4, -0.2) is 49.9 Å². The fraction of sp³-hybridized carbons (Fsp3) is 0.333. The molecule has 31 heavy (non-hydrogen) atoms. The number of fused-ring (bicyclic) bond motifs is 1. The van der Waals surface area contributed by atoms with Crippen molar-refractivity contribution >= 4 is 18.9 Å². The Labute approximate surface area is 182 Å². The first-order valence-electron chi connectivity index (χ1n) is 10.1. The minimum absolute atomic E-state index is 0.257. The number of benzene rings is 2. The summed E-state index contributed by atoms with van der Waals surface area (Å²) in [7, 11) is 2.65. The quantitative estimate of drug-likeness (QED) is 0.522. The molecular weight excluding hydrogens is 413 g/mol. The fourth-order valence-electron chi connectivity index (χ4n) is 5.85. The van der Waals surface area contributed by atoms with Gasteiger partial charge in [-0.15, -0.1) is 0 Å². The van der Waals surface area contributed by atoms with Gasteiger partial charge in [-0.1, -0.05) is 0 Å². The standard InChI is InChI=1S/C24H28NO5P/c1-23(2)25-24(17-13-9-7-10-14-17,18-15-11-8-12-16-18)19(21(26)28-3)20(22(27)29-4)31(25,5,6)30-23/h7-16H,1-6H3. The maximum atomic E-state index is 13.5. The summed E-state index contributed by atoms with van der Waals surface area (Å²) in [5.74, 6) is -1.15. The first kappa shape index (κ1) is 21.7. The molecule has 2 aliphatic rings. The molecule has 4 rings (SSSR count). The molecule has 164 valence electrons. The van der Waals surface area contributed by atoms with E-state index < -0.39 is 30.2 Å². The van der Waals surface area contributed by atoms with E-state index in [1.54, 1.807) is 0 Å². The van der Waals surface area contributed by atoms with Crippen LogP contribution in [0.15, 0.2) is 71.6 Å². The summed E-state index contributed by atoms with van der Waals surface area (Å²) in [4.78, 5) is 26.7. The van der Waals surface area contributed by atoms with Crippen LogP contribution in [0, 0.1) is 0 Å². The van der Waals surface area contributed by atoms with Gasteiger partial charge in [-0.2, -0.15) is 0 Å². The predicted octanol–water partition coefficient (Wildman–Crippen LogP) is 4.26. The van der Waals surface area contributed by atoms with Crippen LogP contribution in [0.2, 0.25) is 0 Å². The Hall–Kier alpha value is -2.53. The topological polar surface area (TPSA) is 65.1 Å². The molecule has 0 aromatic heterocycles. The molecular formula is C24H28NO5P. The zero-order valence-corrected chi connectivity index (χ0v) is 19.6. The third-order valence-corrected chi connectivity index (χ3v) is 10.9. The van der Waals surface area contributed by atoms with Crippen molar-refractivity contribution in [1.82, 2.24) is 4.67 Å². The van der Waals surface area contributed by atoms with Crippen LogP contribution >= 0.6 is 6.98 Å². The second-order valence-electron chi connectivity index (χ2n) is 8.93. The van der Waals surface area contributed by atoms with Gasteiger partial charge in [0, 0.05) is 0 Å². The van der Waals surface area contributed by atoms with Crippen LogP contribution in [0.4, 0.5) is 0 Å². The Morgan fingerprint density at radius 3 is 1.68 bits per heavy atom. The van der Waals surface area contributed by atoms with Crippen molar-refractivity contribution in [1.29, 1.82) is 0 Å². The fourth-order valence-corrected chi connectivity index (χ4v) is 11.7. The molecule has 2 aromatic rings. The Balaban J connectivity index is 2.25. The van der Waals surface area contributed by atoms with Gasteiger partial charge in [0.2, 0.25) is 0 Å². The Morgan fingerprint density at radius 1 is 0.839 bits per heavy atom. The van der Waals surface area contributed by atoms with E-state index in [9.17, 15) is 9.59 Å². The molecule has 0 N–H and O–H groups in total. The van der Waals surface area contributed by atoms with Crippen molar-refractivity contribution < 1.29 is 23.6 Å². The summed E-state index contributed by atoms with van der Waals surface area (Å²) in [6, 6.07) is 19.5. The third-order valence-electron chi connectivity index (χ3n) is 6.29. The molecule has 1 fully saturated rings. The summed E-state index contributed by atoms with van der Waals surface area (Å²) in [5, 5.41) is 0.271. The molecule has 0 bridgehead atoms. The van der Waals surface area contributed by atoms with Crippen LogP contribution in [-0.2, 0) is 29.1 Å². The zero-order chi connectivity index (χ0) is 22.7. The van der Waals surface area contributed by atoms with E-state index in [-0.39, 0.29) is 10.9 Å². The van der Waals surface area contributed by atoms with Crippen molar-refractivity contribution in [3.8, 4) is 0 Å². The van der Waals surface area contributed by atoms with Crippen LogP contribution in [0.3, 0.4) is 0 Å². The third kappa shape index (κ3) is 2.62. The number of carbonyl (C=O) groups is 2. The first-order chi connectivity index (χ1) is 14.5. The van der Waals surface area contributed by atoms with Crippen molar-refractivity contribution in [2.45, 2.75) is 25.1 Å². The van der Waals surface area contributed by atoms with Gasteiger partial charge in [0.25, 0.3) is 0 Å². The number of nitrogens with zero attached hydrogens (tertiary/aromatic N) is 1. The number of carbonyl (C=O) groups excluding carboxylic acids is 2. The molecule has 0 saturated carbocycles. The molecule has 0 spiro atoms. The normalized spacial score (nSPS) is 23.6. The second kappa shape index (κ2) is 6.73. The molecule has 2 aliphatic heterocycles. The van der Waals surface area contributed by atoms with E-state index in [4.69, 9.17) is 14.0 Å². The summed E-state index contributed by atoms with van der Waals surface area (Å²) >= 11 is 0. The molecule has 0 amide bonds. The monoisotopic (exact) mass is 441 g/mol. The van der Waals surface area contributed by atoms with Gasteiger partial charge in [0.15, 0.2) is 0 Å². The molecule has 2 aromatic carbocycles. The van der Waals surface area contributed by atoms with Gasteiger partial charge in [0.05, 0.1) is 0 Å².